The minimum Gasteiger partial charge on any atom is -0.349 e. The van der Waals surface area contributed by atoms with Crippen molar-refractivity contribution >= 4 is 17.7 Å². The Kier molecular flexibility index (Phi) is 4.93. The third-order valence-electron chi connectivity index (χ3n) is 2.91. The molecule has 1 rings (SSSR count). The van der Waals surface area contributed by atoms with E-state index in [1.807, 2.05) is 0 Å². The fourth-order valence-corrected chi connectivity index (χ4v) is 2.39. The highest BCUT2D eigenvalue weighted by Gasteiger charge is 2.41. The Morgan fingerprint density at radius 2 is 2.27 bits per heavy atom. The third kappa shape index (κ3) is 4.03. The Morgan fingerprint density at radius 1 is 1.60 bits per heavy atom. The van der Waals surface area contributed by atoms with Crippen molar-refractivity contribution in [2.45, 2.75) is 38.6 Å². The molecule has 0 aliphatic heterocycles. The van der Waals surface area contributed by atoms with Gasteiger partial charge in [-0.2, -0.15) is 11.8 Å². The monoisotopic (exact) mass is 230 g/mol. The zero-order valence-corrected chi connectivity index (χ0v) is 10.5. The first-order valence-electron chi connectivity index (χ1n) is 5.71. The molecule has 0 bridgehead atoms. The van der Waals surface area contributed by atoms with Gasteiger partial charge in [0.15, 0.2) is 0 Å². The highest BCUT2D eigenvalue weighted by molar-refractivity contribution is 7.99. The van der Waals surface area contributed by atoms with Gasteiger partial charge in [-0.15, -0.1) is 0 Å². The lowest BCUT2D eigenvalue weighted by atomic mass is 9.96. The molecule has 0 radical (unpaired) electrons. The maximum absolute atomic E-state index is 11.6. The van der Waals surface area contributed by atoms with Crippen LogP contribution in [0.5, 0.6) is 0 Å². The van der Waals surface area contributed by atoms with Crippen LogP contribution in [-0.4, -0.2) is 29.5 Å². The highest BCUT2D eigenvalue weighted by atomic mass is 32.2. The first kappa shape index (κ1) is 12.8. The smallest absolute Gasteiger partial charge is 0.230 e. The van der Waals surface area contributed by atoms with Crippen LogP contribution in [0.1, 0.15) is 33.1 Å². The van der Waals surface area contributed by atoms with E-state index in [4.69, 9.17) is 5.73 Å². The van der Waals surface area contributed by atoms with E-state index in [-0.39, 0.29) is 11.4 Å². The van der Waals surface area contributed by atoms with Crippen LogP contribution >= 0.6 is 11.8 Å². The average Bonchev–Trinajstić information content (AvgIpc) is 3.01. The van der Waals surface area contributed by atoms with Crippen molar-refractivity contribution in [1.29, 1.82) is 0 Å². The quantitative estimate of drug-likeness (QED) is 0.650. The van der Waals surface area contributed by atoms with Crippen LogP contribution in [-0.2, 0) is 4.79 Å². The number of hydrogen-bond acceptors (Lipinski definition) is 3. The van der Waals surface area contributed by atoms with Crippen LogP contribution in [0.3, 0.4) is 0 Å². The molecule has 0 aromatic heterocycles. The van der Waals surface area contributed by atoms with Gasteiger partial charge in [0, 0.05) is 6.54 Å². The molecule has 0 spiro atoms. The van der Waals surface area contributed by atoms with Crippen molar-refractivity contribution in [3.05, 3.63) is 0 Å². The van der Waals surface area contributed by atoms with Crippen LogP contribution in [0.4, 0.5) is 0 Å². The molecule has 0 aromatic carbocycles. The fourth-order valence-electron chi connectivity index (χ4n) is 1.70. The minimum atomic E-state index is -0.163. The molecule has 0 aromatic rings. The van der Waals surface area contributed by atoms with Gasteiger partial charge in [0.05, 0.1) is 11.3 Å². The topological polar surface area (TPSA) is 55.1 Å². The van der Waals surface area contributed by atoms with Crippen molar-refractivity contribution in [2.24, 2.45) is 11.7 Å². The fraction of sp³-hybridized carbons (Fsp3) is 0.909. The summed E-state index contributed by atoms with van der Waals surface area (Å²) in [6, 6.07) is 0. The Morgan fingerprint density at radius 3 is 2.73 bits per heavy atom. The molecule has 1 fully saturated rings. The molecule has 0 heterocycles. The Bertz CT molecular complexity index is 219. The molecule has 0 saturated heterocycles. The summed E-state index contributed by atoms with van der Waals surface area (Å²) in [5.41, 5.74) is 5.57. The maximum atomic E-state index is 11.6. The molecule has 1 saturated carbocycles. The van der Waals surface area contributed by atoms with Crippen molar-refractivity contribution in [1.82, 2.24) is 5.32 Å². The molecule has 88 valence electrons. The molecule has 1 aliphatic carbocycles. The Hall–Kier alpha value is -0.220. The molecule has 3 N–H and O–H groups in total. The van der Waals surface area contributed by atoms with Gasteiger partial charge >= 0.3 is 0 Å². The Balaban J connectivity index is 2.28. The number of nitrogens with one attached hydrogen (secondary N) is 1. The van der Waals surface area contributed by atoms with E-state index < -0.39 is 0 Å². The second-order valence-corrected chi connectivity index (χ2v) is 5.60. The van der Waals surface area contributed by atoms with E-state index in [0.29, 0.717) is 18.2 Å². The molecule has 1 unspecified atom stereocenters. The molecular weight excluding hydrogens is 208 g/mol. The maximum Gasteiger partial charge on any atom is 0.230 e. The van der Waals surface area contributed by atoms with Crippen LogP contribution in [0, 0.1) is 5.92 Å². The molecule has 15 heavy (non-hydrogen) atoms. The lowest BCUT2D eigenvalue weighted by Gasteiger charge is -2.29. The number of amides is 1. The zero-order valence-electron chi connectivity index (χ0n) is 9.71. The van der Waals surface area contributed by atoms with Crippen LogP contribution < -0.4 is 11.1 Å². The highest BCUT2D eigenvalue weighted by Crippen LogP contribution is 2.38. The molecule has 1 aliphatic rings. The van der Waals surface area contributed by atoms with Gasteiger partial charge in [-0.3, -0.25) is 4.79 Å². The molecule has 1 atom stereocenters. The van der Waals surface area contributed by atoms with Crippen molar-refractivity contribution < 1.29 is 4.79 Å². The van der Waals surface area contributed by atoms with Crippen LogP contribution in [0.25, 0.3) is 0 Å². The lowest BCUT2D eigenvalue weighted by molar-refractivity contribution is -0.120. The SMILES string of the molecule is CCCSCC(=O)NC(C)(CN)C1CC1. The predicted molar refractivity (Wildman–Crippen MR) is 65.9 cm³/mol. The normalized spacial score (nSPS) is 19.7. The standard InChI is InChI=1S/C11H22N2OS/c1-3-6-15-7-10(14)13-11(2,8-12)9-4-5-9/h9H,3-8,12H2,1-2H3,(H,13,14). The van der Waals surface area contributed by atoms with Crippen molar-refractivity contribution in [3.63, 3.8) is 0 Å². The Labute approximate surface area is 96.6 Å². The summed E-state index contributed by atoms with van der Waals surface area (Å²) in [4.78, 5) is 11.6. The lowest BCUT2D eigenvalue weighted by Crippen LogP contribution is -2.53. The molecule has 4 heteroatoms. The second-order valence-electron chi connectivity index (χ2n) is 4.50. The van der Waals surface area contributed by atoms with E-state index in [0.717, 1.165) is 12.2 Å². The minimum absolute atomic E-state index is 0.133. The largest absolute Gasteiger partial charge is 0.349 e. The van der Waals surface area contributed by atoms with Gasteiger partial charge in [-0.25, -0.2) is 0 Å². The summed E-state index contributed by atoms with van der Waals surface area (Å²) in [5, 5.41) is 3.08. The molecular formula is C11H22N2OS. The van der Waals surface area contributed by atoms with E-state index in [1.165, 1.54) is 12.8 Å². The van der Waals surface area contributed by atoms with E-state index in [2.05, 4.69) is 19.2 Å². The number of carbonyl (C=O) groups excluding carboxylic acids is 1. The van der Waals surface area contributed by atoms with Gasteiger partial charge in [0.25, 0.3) is 0 Å². The summed E-state index contributed by atoms with van der Waals surface area (Å²) in [6.07, 6.45) is 3.53. The zero-order chi connectivity index (χ0) is 11.3. The second kappa shape index (κ2) is 5.75. The summed E-state index contributed by atoms with van der Waals surface area (Å²) in [5.74, 6) is 2.35. The summed E-state index contributed by atoms with van der Waals surface area (Å²) < 4.78 is 0. The van der Waals surface area contributed by atoms with Crippen LogP contribution in [0.15, 0.2) is 0 Å². The van der Waals surface area contributed by atoms with Crippen molar-refractivity contribution in [2.75, 3.05) is 18.1 Å². The number of nitrogens with two attached hydrogens (primary N) is 1. The van der Waals surface area contributed by atoms with E-state index in [1.54, 1.807) is 11.8 Å². The van der Waals surface area contributed by atoms with Crippen molar-refractivity contribution in [3.8, 4) is 0 Å². The number of hydrogen-bond donors (Lipinski definition) is 2. The summed E-state index contributed by atoms with van der Waals surface area (Å²) in [6.45, 7) is 4.73. The van der Waals surface area contributed by atoms with Gasteiger partial charge in [0.1, 0.15) is 0 Å². The van der Waals surface area contributed by atoms with Gasteiger partial charge in [-0.1, -0.05) is 6.92 Å². The molecule has 3 nitrogen and oxygen atoms in total. The summed E-state index contributed by atoms with van der Waals surface area (Å²) in [7, 11) is 0. The molecule has 1 amide bonds. The van der Waals surface area contributed by atoms with E-state index >= 15 is 0 Å². The van der Waals surface area contributed by atoms with E-state index in [9.17, 15) is 4.79 Å². The number of carbonyl (C=O) groups is 1. The first-order chi connectivity index (χ1) is 7.12. The number of rotatable bonds is 7. The predicted octanol–water partition coefficient (Wildman–Crippen LogP) is 1.37. The van der Waals surface area contributed by atoms with Gasteiger partial charge < -0.3 is 11.1 Å². The average molecular weight is 230 g/mol. The van der Waals surface area contributed by atoms with Gasteiger partial charge in [-0.05, 0) is 37.9 Å². The summed E-state index contributed by atoms with van der Waals surface area (Å²) >= 11 is 1.69. The first-order valence-corrected chi connectivity index (χ1v) is 6.86. The number of thioether (sulfide) groups is 1. The van der Waals surface area contributed by atoms with Crippen LogP contribution in [0.2, 0.25) is 0 Å². The van der Waals surface area contributed by atoms with Gasteiger partial charge in [0.2, 0.25) is 5.91 Å². The third-order valence-corrected chi connectivity index (χ3v) is 4.07.